The number of rotatable bonds is 6. The minimum Gasteiger partial charge on any atom is -0.371 e. The summed E-state index contributed by atoms with van der Waals surface area (Å²) in [7, 11) is -9.14. The van der Waals surface area contributed by atoms with Crippen molar-refractivity contribution in [2.24, 2.45) is 0 Å². The summed E-state index contributed by atoms with van der Waals surface area (Å²) in [4.78, 5) is 8.55. The minimum atomic E-state index is -4.98. The average molecular weight is 455 g/mol. The van der Waals surface area contributed by atoms with Crippen molar-refractivity contribution >= 4 is 25.6 Å². The number of nitro benzene ring substituents is 1. The molecule has 0 N–H and O–H groups in total. The van der Waals surface area contributed by atoms with Gasteiger partial charge in [0.05, 0.1) is 14.7 Å². The molecule has 0 aliphatic heterocycles. The van der Waals surface area contributed by atoms with E-state index < -0.39 is 57.7 Å². The molecule has 3 aromatic rings. The van der Waals surface area contributed by atoms with E-state index in [0.29, 0.717) is 24.3 Å². The summed E-state index contributed by atoms with van der Waals surface area (Å²) >= 11 is 0. The molecular weight excluding hydrogens is 444 g/mol. The minimum absolute atomic E-state index is 0.141. The molecule has 0 saturated heterocycles. The molecule has 30 heavy (non-hydrogen) atoms. The standard InChI is InChI=1S/C18H11F2NO7S2/c19-12-6-9-18(15(20)10-12)30(26,27)28-17-11-14(7-8-16(17)21(22)23)29(24,25)13-4-2-1-3-5-13/h1-11H. The summed E-state index contributed by atoms with van der Waals surface area (Å²) in [6.45, 7) is 0. The Hall–Kier alpha value is -3.38. The van der Waals surface area contributed by atoms with Gasteiger partial charge in [-0.2, -0.15) is 8.42 Å². The van der Waals surface area contributed by atoms with E-state index in [1.165, 1.54) is 24.3 Å². The summed E-state index contributed by atoms with van der Waals surface area (Å²) in [6, 6.07) is 10.9. The van der Waals surface area contributed by atoms with E-state index in [4.69, 9.17) is 0 Å². The molecule has 0 saturated carbocycles. The molecule has 156 valence electrons. The lowest BCUT2D eigenvalue weighted by Crippen LogP contribution is -2.13. The second-order valence-electron chi connectivity index (χ2n) is 5.82. The quantitative estimate of drug-likeness (QED) is 0.317. The van der Waals surface area contributed by atoms with Crippen molar-refractivity contribution in [1.29, 1.82) is 0 Å². The van der Waals surface area contributed by atoms with Gasteiger partial charge in [0.1, 0.15) is 16.5 Å². The summed E-state index contributed by atoms with van der Waals surface area (Å²) < 4.78 is 81.8. The second-order valence-corrected chi connectivity index (χ2v) is 9.28. The lowest BCUT2D eigenvalue weighted by molar-refractivity contribution is -0.385. The molecule has 0 heterocycles. The van der Waals surface area contributed by atoms with Crippen LogP contribution < -0.4 is 4.18 Å². The topological polar surface area (TPSA) is 121 Å². The zero-order valence-electron chi connectivity index (χ0n) is 14.7. The number of nitro groups is 1. The van der Waals surface area contributed by atoms with Gasteiger partial charge in [-0.05, 0) is 30.3 Å². The molecule has 12 heteroatoms. The van der Waals surface area contributed by atoms with Crippen LogP contribution in [-0.2, 0) is 20.0 Å². The van der Waals surface area contributed by atoms with E-state index in [1.54, 1.807) is 6.07 Å². The SMILES string of the molecule is O=[N+]([O-])c1ccc(S(=O)(=O)c2ccccc2)cc1OS(=O)(=O)c1ccc(F)cc1F. The van der Waals surface area contributed by atoms with Crippen molar-refractivity contribution in [3.63, 3.8) is 0 Å². The van der Waals surface area contributed by atoms with E-state index in [1.807, 2.05) is 0 Å². The molecule has 0 radical (unpaired) electrons. The largest absolute Gasteiger partial charge is 0.371 e. The summed E-state index contributed by atoms with van der Waals surface area (Å²) in [5.74, 6) is -3.47. The van der Waals surface area contributed by atoms with Crippen LogP contribution in [0, 0.1) is 21.7 Å². The lowest BCUT2D eigenvalue weighted by atomic mass is 10.3. The third-order valence-corrected chi connectivity index (χ3v) is 6.89. The van der Waals surface area contributed by atoms with Gasteiger partial charge in [0.15, 0.2) is 0 Å². The van der Waals surface area contributed by atoms with Crippen molar-refractivity contribution in [3.05, 3.63) is 88.5 Å². The number of nitrogens with zero attached hydrogens (tertiary/aromatic N) is 1. The summed E-state index contributed by atoms with van der Waals surface area (Å²) in [6.07, 6.45) is 0. The molecule has 0 aromatic heterocycles. The predicted molar refractivity (Wildman–Crippen MR) is 99.2 cm³/mol. The molecule has 0 fully saturated rings. The van der Waals surface area contributed by atoms with Gasteiger partial charge in [-0.15, -0.1) is 0 Å². The smallest absolute Gasteiger partial charge is 0.342 e. The zero-order chi connectivity index (χ0) is 22.1. The van der Waals surface area contributed by atoms with E-state index in [-0.39, 0.29) is 4.90 Å². The second kappa shape index (κ2) is 7.80. The van der Waals surface area contributed by atoms with Gasteiger partial charge < -0.3 is 4.18 Å². The molecule has 0 unspecified atom stereocenters. The van der Waals surface area contributed by atoms with E-state index in [9.17, 15) is 35.7 Å². The number of hydrogen-bond acceptors (Lipinski definition) is 7. The maximum atomic E-state index is 13.9. The molecule has 3 rings (SSSR count). The first-order valence-electron chi connectivity index (χ1n) is 8.00. The molecule has 8 nitrogen and oxygen atoms in total. The zero-order valence-corrected chi connectivity index (χ0v) is 16.4. The van der Waals surface area contributed by atoms with Gasteiger partial charge in [0.25, 0.3) is 0 Å². The molecular formula is C18H11F2NO7S2. The van der Waals surface area contributed by atoms with Crippen LogP contribution in [0.5, 0.6) is 5.75 Å². The van der Waals surface area contributed by atoms with Crippen molar-refractivity contribution in [3.8, 4) is 5.75 Å². The molecule has 0 amide bonds. The fraction of sp³-hybridized carbons (Fsp3) is 0. The number of halogens is 2. The highest BCUT2D eigenvalue weighted by molar-refractivity contribution is 7.91. The van der Waals surface area contributed by atoms with Gasteiger partial charge in [-0.1, -0.05) is 18.2 Å². The number of sulfone groups is 1. The highest BCUT2D eigenvalue weighted by Crippen LogP contribution is 2.34. The predicted octanol–water partition coefficient (Wildman–Crippen LogP) is 3.47. The Kier molecular flexibility index (Phi) is 5.55. The van der Waals surface area contributed by atoms with Crippen LogP contribution in [-0.4, -0.2) is 21.8 Å². The first-order chi connectivity index (χ1) is 14.0. The van der Waals surface area contributed by atoms with Gasteiger partial charge in [-0.25, -0.2) is 17.2 Å². The fourth-order valence-corrected chi connectivity index (χ4v) is 4.75. The van der Waals surface area contributed by atoms with Crippen molar-refractivity contribution in [2.75, 3.05) is 0 Å². The first-order valence-corrected chi connectivity index (χ1v) is 10.9. The first kappa shape index (κ1) is 21.3. The van der Waals surface area contributed by atoms with Crippen LogP contribution in [0.1, 0.15) is 0 Å². The van der Waals surface area contributed by atoms with Crippen molar-refractivity contribution in [1.82, 2.24) is 0 Å². The molecule has 0 aliphatic rings. The fourth-order valence-electron chi connectivity index (χ4n) is 2.46. The maximum absolute atomic E-state index is 13.9. The highest BCUT2D eigenvalue weighted by atomic mass is 32.2. The summed E-state index contributed by atoms with van der Waals surface area (Å²) in [5.41, 5.74) is -0.867. The van der Waals surface area contributed by atoms with Crippen molar-refractivity contribution in [2.45, 2.75) is 14.7 Å². The molecule has 0 atom stereocenters. The highest BCUT2D eigenvalue weighted by Gasteiger charge is 2.29. The van der Waals surface area contributed by atoms with Crippen LogP contribution in [0.25, 0.3) is 0 Å². The van der Waals surface area contributed by atoms with Crippen molar-refractivity contribution < 1.29 is 34.7 Å². The summed E-state index contributed by atoms with van der Waals surface area (Å²) in [5, 5.41) is 11.2. The Balaban J connectivity index is 2.12. The van der Waals surface area contributed by atoms with E-state index >= 15 is 0 Å². The monoisotopic (exact) mass is 455 g/mol. The van der Waals surface area contributed by atoms with E-state index in [2.05, 4.69) is 4.18 Å². The van der Waals surface area contributed by atoms with Crippen LogP contribution in [0.4, 0.5) is 14.5 Å². The van der Waals surface area contributed by atoms with Crippen LogP contribution >= 0.6 is 0 Å². The Labute approximate surface area is 169 Å². The Morgan fingerprint density at radius 1 is 0.833 bits per heavy atom. The lowest BCUT2D eigenvalue weighted by Gasteiger charge is -2.10. The van der Waals surface area contributed by atoms with Crippen LogP contribution in [0.3, 0.4) is 0 Å². The third kappa shape index (κ3) is 4.14. The maximum Gasteiger partial charge on any atom is 0.342 e. The Bertz CT molecular complexity index is 1340. The number of benzene rings is 3. The Morgan fingerprint density at radius 3 is 2.10 bits per heavy atom. The third-order valence-electron chi connectivity index (χ3n) is 3.85. The molecule has 0 bridgehead atoms. The molecule has 0 aliphatic carbocycles. The van der Waals surface area contributed by atoms with Crippen LogP contribution in [0.2, 0.25) is 0 Å². The average Bonchev–Trinajstić information content (AvgIpc) is 2.67. The van der Waals surface area contributed by atoms with Gasteiger partial charge >= 0.3 is 15.8 Å². The molecule has 0 spiro atoms. The van der Waals surface area contributed by atoms with Gasteiger partial charge in [0.2, 0.25) is 15.6 Å². The van der Waals surface area contributed by atoms with E-state index in [0.717, 1.165) is 12.1 Å². The van der Waals surface area contributed by atoms with Gasteiger partial charge in [-0.3, -0.25) is 10.1 Å². The van der Waals surface area contributed by atoms with Crippen LogP contribution in [0.15, 0.2) is 81.4 Å². The normalized spacial score (nSPS) is 11.8. The molecule has 3 aromatic carbocycles. The van der Waals surface area contributed by atoms with Gasteiger partial charge in [0, 0.05) is 18.2 Å². The number of hydrogen-bond donors (Lipinski definition) is 0. The Morgan fingerprint density at radius 2 is 1.50 bits per heavy atom.